The van der Waals surface area contributed by atoms with Gasteiger partial charge in [0.1, 0.15) is 0 Å². The fourth-order valence-electron chi connectivity index (χ4n) is 2.10. The van der Waals surface area contributed by atoms with E-state index < -0.39 is 0 Å². The minimum atomic E-state index is 0.190. The van der Waals surface area contributed by atoms with E-state index in [4.69, 9.17) is 0 Å². The summed E-state index contributed by atoms with van der Waals surface area (Å²) in [6.45, 7) is 6.93. The second kappa shape index (κ2) is 7.66. The lowest BCUT2D eigenvalue weighted by Gasteiger charge is -2.24. The smallest absolute Gasteiger partial charge is 0.234 e. The molecule has 3 heteroatoms. The van der Waals surface area contributed by atoms with Gasteiger partial charge in [0.15, 0.2) is 0 Å². The third-order valence-corrected chi connectivity index (χ3v) is 3.34. The van der Waals surface area contributed by atoms with Crippen LogP contribution in [-0.2, 0) is 4.79 Å². The zero-order valence-electron chi connectivity index (χ0n) is 10.8. The van der Waals surface area contributed by atoms with Crippen LogP contribution in [0.15, 0.2) is 0 Å². The molecule has 1 aliphatic heterocycles. The maximum absolute atomic E-state index is 11.7. The van der Waals surface area contributed by atoms with E-state index in [2.05, 4.69) is 24.1 Å². The van der Waals surface area contributed by atoms with Crippen LogP contribution in [0.2, 0.25) is 0 Å². The van der Waals surface area contributed by atoms with Crippen LogP contribution in [0.5, 0.6) is 0 Å². The molecule has 0 aromatic carbocycles. The van der Waals surface area contributed by atoms with Crippen LogP contribution in [0.1, 0.15) is 52.4 Å². The molecule has 3 nitrogen and oxygen atoms in total. The second-order valence-corrected chi connectivity index (χ2v) is 4.92. The number of amides is 1. The summed E-state index contributed by atoms with van der Waals surface area (Å²) in [4.78, 5) is 14.0. The Morgan fingerprint density at radius 2 is 1.75 bits per heavy atom. The monoisotopic (exact) mass is 226 g/mol. The summed E-state index contributed by atoms with van der Waals surface area (Å²) in [5, 5.41) is 3.03. The molecule has 1 rings (SSSR count). The molecule has 1 N–H and O–H groups in total. The molecule has 0 aromatic heterocycles. The highest BCUT2D eigenvalue weighted by atomic mass is 16.2. The van der Waals surface area contributed by atoms with Crippen molar-refractivity contribution in [2.75, 3.05) is 19.6 Å². The first kappa shape index (κ1) is 13.5. The average Bonchev–Trinajstić information content (AvgIpc) is 2.21. The summed E-state index contributed by atoms with van der Waals surface area (Å²) in [5.41, 5.74) is 0. The van der Waals surface area contributed by atoms with E-state index in [9.17, 15) is 4.79 Å². The lowest BCUT2D eigenvalue weighted by molar-refractivity contribution is -0.122. The van der Waals surface area contributed by atoms with Crippen molar-refractivity contribution in [2.24, 2.45) is 0 Å². The van der Waals surface area contributed by atoms with Gasteiger partial charge < -0.3 is 5.32 Å². The first-order chi connectivity index (χ1) is 7.72. The van der Waals surface area contributed by atoms with Crippen LogP contribution < -0.4 is 5.32 Å². The predicted octanol–water partition coefficient (Wildman–Crippen LogP) is 2.17. The van der Waals surface area contributed by atoms with Gasteiger partial charge in [-0.3, -0.25) is 9.69 Å². The van der Waals surface area contributed by atoms with Crippen molar-refractivity contribution in [3.63, 3.8) is 0 Å². The quantitative estimate of drug-likeness (QED) is 0.797. The summed E-state index contributed by atoms with van der Waals surface area (Å²) in [7, 11) is 0. The van der Waals surface area contributed by atoms with E-state index >= 15 is 0 Å². The highest BCUT2D eigenvalue weighted by Crippen LogP contribution is 2.09. The Balaban J connectivity index is 2.25. The van der Waals surface area contributed by atoms with Crippen molar-refractivity contribution in [3.05, 3.63) is 0 Å². The lowest BCUT2D eigenvalue weighted by atomic mass is 10.1. The molecule has 0 aromatic rings. The minimum Gasteiger partial charge on any atom is -0.353 e. The normalized spacial score (nSPS) is 20.9. The predicted molar refractivity (Wildman–Crippen MR) is 67.4 cm³/mol. The Labute approximate surface area is 99.6 Å². The first-order valence-corrected chi connectivity index (χ1v) is 6.74. The fraction of sp³-hybridized carbons (Fsp3) is 0.923. The topological polar surface area (TPSA) is 32.3 Å². The third kappa shape index (κ3) is 5.50. The van der Waals surface area contributed by atoms with Gasteiger partial charge in [0.05, 0.1) is 6.54 Å². The number of hydrogen-bond acceptors (Lipinski definition) is 2. The number of hydrogen-bond donors (Lipinski definition) is 1. The largest absolute Gasteiger partial charge is 0.353 e. The minimum absolute atomic E-state index is 0.190. The molecule has 1 amide bonds. The standard InChI is InChI=1S/C13H26N2O/c1-3-12(2)14-13(16)11-15-9-7-5-4-6-8-10-15/h12H,3-11H2,1-2H3,(H,14,16). The van der Waals surface area contributed by atoms with Gasteiger partial charge in [0.25, 0.3) is 0 Å². The number of carbonyl (C=O) groups is 1. The molecule has 0 spiro atoms. The highest BCUT2D eigenvalue weighted by molar-refractivity contribution is 5.78. The third-order valence-electron chi connectivity index (χ3n) is 3.34. The Morgan fingerprint density at radius 3 is 2.31 bits per heavy atom. The van der Waals surface area contributed by atoms with Crippen molar-refractivity contribution >= 4 is 5.91 Å². The number of likely N-dealkylation sites (tertiary alicyclic amines) is 1. The van der Waals surface area contributed by atoms with E-state index in [1.54, 1.807) is 0 Å². The molecule has 1 aliphatic rings. The van der Waals surface area contributed by atoms with Gasteiger partial charge in [-0.05, 0) is 39.3 Å². The Bertz CT molecular complexity index is 198. The maximum Gasteiger partial charge on any atom is 0.234 e. The van der Waals surface area contributed by atoms with E-state index in [0.717, 1.165) is 19.5 Å². The molecule has 1 heterocycles. The SMILES string of the molecule is CCC(C)NC(=O)CN1CCCCCCC1. The van der Waals surface area contributed by atoms with Crippen LogP contribution in [0.4, 0.5) is 0 Å². The molecule has 0 radical (unpaired) electrons. The van der Waals surface area contributed by atoms with Gasteiger partial charge in [-0.15, -0.1) is 0 Å². The molecular formula is C13H26N2O. The van der Waals surface area contributed by atoms with Gasteiger partial charge >= 0.3 is 0 Å². The number of carbonyl (C=O) groups excluding carboxylic acids is 1. The van der Waals surface area contributed by atoms with Gasteiger partial charge in [0.2, 0.25) is 5.91 Å². The molecule has 1 atom stereocenters. The molecule has 0 saturated carbocycles. The van der Waals surface area contributed by atoms with Gasteiger partial charge in [0, 0.05) is 6.04 Å². The lowest BCUT2D eigenvalue weighted by Crippen LogP contribution is -2.41. The molecule has 0 aliphatic carbocycles. The van der Waals surface area contributed by atoms with Crippen molar-refractivity contribution < 1.29 is 4.79 Å². The van der Waals surface area contributed by atoms with Crippen LogP contribution in [0.3, 0.4) is 0 Å². The number of rotatable bonds is 4. The van der Waals surface area contributed by atoms with E-state index in [0.29, 0.717) is 12.6 Å². The van der Waals surface area contributed by atoms with Crippen LogP contribution >= 0.6 is 0 Å². The fourth-order valence-corrected chi connectivity index (χ4v) is 2.10. The summed E-state index contributed by atoms with van der Waals surface area (Å²) in [6.07, 6.45) is 7.51. The molecular weight excluding hydrogens is 200 g/mol. The zero-order valence-corrected chi connectivity index (χ0v) is 10.8. The molecule has 1 saturated heterocycles. The summed E-state index contributed by atoms with van der Waals surface area (Å²) >= 11 is 0. The van der Waals surface area contributed by atoms with E-state index in [-0.39, 0.29) is 5.91 Å². The van der Waals surface area contributed by atoms with Gasteiger partial charge in [-0.2, -0.15) is 0 Å². The highest BCUT2D eigenvalue weighted by Gasteiger charge is 2.13. The van der Waals surface area contributed by atoms with Crippen LogP contribution in [0.25, 0.3) is 0 Å². The summed E-state index contributed by atoms with van der Waals surface area (Å²) in [5.74, 6) is 0.190. The molecule has 0 bridgehead atoms. The summed E-state index contributed by atoms with van der Waals surface area (Å²) in [6, 6.07) is 0.308. The average molecular weight is 226 g/mol. The first-order valence-electron chi connectivity index (χ1n) is 6.74. The number of nitrogens with one attached hydrogen (secondary N) is 1. The van der Waals surface area contributed by atoms with E-state index in [1.807, 2.05) is 0 Å². The second-order valence-electron chi connectivity index (χ2n) is 4.92. The molecule has 16 heavy (non-hydrogen) atoms. The maximum atomic E-state index is 11.7. The van der Waals surface area contributed by atoms with Crippen LogP contribution in [0, 0.1) is 0 Å². The van der Waals surface area contributed by atoms with Gasteiger partial charge in [-0.25, -0.2) is 0 Å². The molecule has 1 fully saturated rings. The number of nitrogens with zero attached hydrogens (tertiary/aromatic N) is 1. The van der Waals surface area contributed by atoms with Crippen LogP contribution in [-0.4, -0.2) is 36.5 Å². The van der Waals surface area contributed by atoms with Crippen molar-refractivity contribution in [3.8, 4) is 0 Å². The molecule has 94 valence electrons. The van der Waals surface area contributed by atoms with Gasteiger partial charge in [-0.1, -0.05) is 26.2 Å². The Morgan fingerprint density at radius 1 is 1.19 bits per heavy atom. The summed E-state index contributed by atoms with van der Waals surface area (Å²) < 4.78 is 0. The van der Waals surface area contributed by atoms with Crippen molar-refractivity contribution in [1.29, 1.82) is 0 Å². The molecule has 1 unspecified atom stereocenters. The van der Waals surface area contributed by atoms with E-state index in [1.165, 1.54) is 32.1 Å². The van der Waals surface area contributed by atoms with Crippen molar-refractivity contribution in [2.45, 2.75) is 58.4 Å². The Kier molecular flexibility index (Phi) is 6.46. The Hall–Kier alpha value is -0.570. The van der Waals surface area contributed by atoms with Crippen molar-refractivity contribution in [1.82, 2.24) is 10.2 Å². The zero-order chi connectivity index (χ0) is 11.8.